The predicted octanol–water partition coefficient (Wildman–Crippen LogP) is 1.73. The molecule has 2 aromatic rings. The van der Waals surface area contributed by atoms with Crippen molar-refractivity contribution < 1.29 is 4.74 Å². The monoisotopic (exact) mass is 261 g/mol. The molecular formula is C13H19N5O. The zero-order valence-corrected chi connectivity index (χ0v) is 11.8. The quantitative estimate of drug-likeness (QED) is 0.888. The summed E-state index contributed by atoms with van der Waals surface area (Å²) >= 11 is 0. The first-order valence-corrected chi connectivity index (χ1v) is 6.31. The molecule has 1 N–H and O–H groups in total. The summed E-state index contributed by atoms with van der Waals surface area (Å²) in [4.78, 5) is 8.56. The third kappa shape index (κ3) is 3.08. The normalized spacial score (nSPS) is 10.7. The van der Waals surface area contributed by atoms with E-state index in [9.17, 15) is 0 Å². The Morgan fingerprint density at radius 2 is 2.05 bits per heavy atom. The molecule has 6 heteroatoms. The summed E-state index contributed by atoms with van der Waals surface area (Å²) in [6, 6.07) is 0. The van der Waals surface area contributed by atoms with Gasteiger partial charge in [-0.15, -0.1) is 0 Å². The fourth-order valence-corrected chi connectivity index (χ4v) is 1.75. The number of aromatic nitrogens is 4. The van der Waals surface area contributed by atoms with Crippen LogP contribution in [0.15, 0.2) is 12.4 Å². The van der Waals surface area contributed by atoms with E-state index in [1.807, 2.05) is 20.9 Å². The van der Waals surface area contributed by atoms with Crippen molar-refractivity contribution >= 4 is 0 Å². The Morgan fingerprint density at radius 3 is 2.58 bits per heavy atom. The van der Waals surface area contributed by atoms with Crippen molar-refractivity contribution in [3.05, 3.63) is 29.5 Å². The Kier molecular flexibility index (Phi) is 4.11. The molecule has 6 nitrogen and oxygen atoms in total. The van der Waals surface area contributed by atoms with Crippen LogP contribution in [0.3, 0.4) is 0 Å². The van der Waals surface area contributed by atoms with Gasteiger partial charge in [-0.3, -0.25) is 9.67 Å². The van der Waals surface area contributed by atoms with Crippen molar-refractivity contribution in [1.29, 1.82) is 0 Å². The average Bonchev–Trinajstić information content (AvgIpc) is 2.64. The van der Waals surface area contributed by atoms with Crippen LogP contribution in [0.4, 0.5) is 0 Å². The fourth-order valence-electron chi connectivity index (χ4n) is 1.75. The van der Waals surface area contributed by atoms with Gasteiger partial charge in [-0.05, 0) is 20.4 Å². The molecule has 2 heterocycles. The Labute approximate surface area is 112 Å². The van der Waals surface area contributed by atoms with Gasteiger partial charge in [0.15, 0.2) is 5.75 Å². The minimum absolute atomic E-state index is 0.486. The van der Waals surface area contributed by atoms with Gasteiger partial charge >= 0.3 is 0 Å². The van der Waals surface area contributed by atoms with Crippen molar-refractivity contribution in [2.24, 2.45) is 7.05 Å². The van der Waals surface area contributed by atoms with Gasteiger partial charge in [0.2, 0.25) is 5.88 Å². The molecule has 2 aromatic heterocycles. The van der Waals surface area contributed by atoms with Crippen molar-refractivity contribution in [1.82, 2.24) is 25.1 Å². The lowest BCUT2D eigenvalue weighted by Crippen LogP contribution is -2.13. The van der Waals surface area contributed by atoms with Crippen LogP contribution in [0.25, 0.3) is 0 Å². The molecule has 0 bridgehead atoms. The second-order valence-corrected chi connectivity index (χ2v) is 4.35. The molecule has 19 heavy (non-hydrogen) atoms. The van der Waals surface area contributed by atoms with Gasteiger partial charge in [-0.1, -0.05) is 6.92 Å². The van der Waals surface area contributed by atoms with E-state index in [1.54, 1.807) is 17.1 Å². The zero-order chi connectivity index (χ0) is 13.8. The summed E-state index contributed by atoms with van der Waals surface area (Å²) in [7, 11) is 1.89. The fraction of sp³-hybridized carbons (Fsp3) is 0.462. The summed E-state index contributed by atoms with van der Waals surface area (Å²) in [5.74, 6) is 1.23. The lowest BCUT2D eigenvalue weighted by Gasteiger charge is -2.05. The Balaban J connectivity index is 2.11. The van der Waals surface area contributed by atoms with Gasteiger partial charge in [-0.25, -0.2) is 4.98 Å². The smallest absolute Gasteiger partial charge is 0.238 e. The molecular weight excluding hydrogens is 242 g/mol. The van der Waals surface area contributed by atoms with Crippen molar-refractivity contribution in [3.8, 4) is 11.6 Å². The molecule has 0 aliphatic heterocycles. The summed E-state index contributed by atoms with van der Waals surface area (Å²) < 4.78 is 7.53. The highest BCUT2D eigenvalue weighted by molar-refractivity contribution is 5.34. The van der Waals surface area contributed by atoms with Gasteiger partial charge in [0.05, 0.1) is 23.8 Å². The number of nitrogens with one attached hydrogen (secondary N) is 1. The van der Waals surface area contributed by atoms with Crippen LogP contribution >= 0.6 is 0 Å². The van der Waals surface area contributed by atoms with Crippen LogP contribution in [0.2, 0.25) is 0 Å². The highest BCUT2D eigenvalue weighted by Gasteiger charge is 2.12. The maximum Gasteiger partial charge on any atom is 0.238 e. The van der Waals surface area contributed by atoms with E-state index in [0.29, 0.717) is 12.4 Å². The molecule has 0 fully saturated rings. The zero-order valence-electron chi connectivity index (χ0n) is 11.8. The SMILES string of the molecule is CCNCc1cnc(Oc2c(C)nn(C)c2C)cn1. The molecule has 102 valence electrons. The maximum absolute atomic E-state index is 5.74. The van der Waals surface area contributed by atoms with Gasteiger partial charge in [0, 0.05) is 13.6 Å². The van der Waals surface area contributed by atoms with E-state index < -0.39 is 0 Å². The second kappa shape index (κ2) is 5.79. The average molecular weight is 261 g/mol. The van der Waals surface area contributed by atoms with Crippen LogP contribution in [-0.4, -0.2) is 26.3 Å². The third-order valence-electron chi connectivity index (χ3n) is 2.89. The van der Waals surface area contributed by atoms with Crippen LogP contribution in [0, 0.1) is 13.8 Å². The van der Waals surface area contributed by atoms with Gasteiger partial charge in [-0.2, -0.15) is 5.10 Å². The Morgan fingerprint density at radius 1 is 1.26 bits per heavy atom. The third-order valence-corrected chi connectivity index (χ3v) is 2.89. The predicted molar refractivity (Wildman–Crippen MR) is 72.2 cm³/mol. The summed E-state index contributed by atoms with van der Waals surface area (Å²) in [6.07, 6.45) is 3.36. The second-order valence-electron chi connectivity index (χ2n) is 4.35. The van der Waals surface area contributed by atoms with Crippen molar-refractivity contribution in [3.63, 3.8) is 0 Å². The molecule has 0 unspecified atom stereocenters. The highest BCUT2D eigenvalue weighted by atomic mass is 16.5. The van der Waals surface area contributed by atoms with Crippen LogP contribution < -0.4 is 10.1 Å². The summed E-state index contributed by atoms with van der Waals surface area (Å²) in [6.45, 7) is 7.55. The minimum atomic E-state index is 0.486. The number of ether oxygens (including phenoxy) is 1. The Hall–Kier alpha value is -1.95. The first kappa shape index (κ1) is 13.5. The lowest BCUT2D eigenvalue weighted by molar-refractivity contribution is 0.451. The summed E-state index contributed by atoms with van der Waals surface area (Å²) in [5.41, 5.74) is 2.71. The molecule has 0 aliphatic carbocycles. The molecule has 0 spiro atoms. The minimum Gasteiger partial charge on any atom is -0.434 e. The molecule has 0 aliphatic rings. The van der Waals surface area contributed by atoms with Gasteiger partial charge < -0.3 is 10.1 Å². The van der Waals surface area contributed by atoms with E-state index in [-0.39, 0.29) is 0 Å². The molecule has 0 saturated heterocycles. The van der Waals surface area contributed by atoms with E-state index in [2.05, 4.69) is 27.3 Å². The highest BCUT2D eigenvalue weighted by Crippen LogP contribution is 2.26. The van der Waals surface area contributed by atoms with Gasteiger partial charge in [0.25, 0.3) is 0 Å². The molecule has 0 amide bonds. The molecule has 0 saturated carbocycles. The molecule has 2 rings (SSSR count). The number of aryl methyl sites for hydroxylation is 2. The van der Waals surface area contributed by atoms with Crippen LogP contribution in [-0.2, 0) is 13.6 Å². The topological polar surface area (TPSA) is 64.9 Å². The first-order valence-electron chi connectivity index (χ1n) is 6.31. The number of rotatable bonds is 5. The lowest BCUT2D eigenvalue weighted by atomic mass is 10.3. The van der Waals surface area contributed by atoms with E-state index in [1.165, 1.54) is 0 Å². The molecule has 0 radical (unpaired) electrons. The number of hydrogen-bond donors (Lipinski definition) is 1. The van der Waals surface area contributed by atoms with Crippen LogP contribution in [0.1, 0.15) is 24.0 Å². The van der Waals surface area contributed by atoms with Gasteiger partial charge in [0.1, 0.15) is 5.69 Å². The number of nitrogens with zero attached hydrogens (tertiary/aromatic N) is 4. The van der Waals surface area contributed by atoms with E-state index in [4.69, 9.17) is 4.74 Å². The van der Waals surface area contributed by atoms with Crippen LogP contribution in [0.5, 0.6) is 11.6 Å². The Bertz CT molecular complexity index is 547. The van der Waals surface area contributed by atoms with Crippen molar-refractivity contribution in [2.45, 2.75) is 27.3 Å². The van der Waals surface area contributed by atoms with E-state index in [0.717, 1.165) is 29.4 Å². The number of hydrogen-bond acceptors (Lipinski definition) is 5. The van der Waals surface area contributed by atoms with E-state index >= 15 is 0 Å². The molecule has 0 atom stereocenters. The maximum atomic E-state index is 5.74. The molecule has 0 aromatic carbocycles. The standard InChI is InChI=1S/C13H19N5O/c1-5-14-6-11-7-16-12(8-15-11)19-13-9(2)17-18(4)10(13)3/h7-8,14H,5-6H2,1-4H3. The largest absolute Gasteiger partial charge is 0.434 e. The first-order chi connectivity index (χ1) is 9.11. The summed E-state index contributed by atoms with van der Waals surface area (Å²) in [5, 5.41) is 7.50. The van der Waals surface area contributed by atoms with Crippen molar-refractivity contribution in [2.75, 3.05) is 6.54 Å².